The first-order valence-corrected chi connectivity index (χ1v) is 6.37. The van der Waals surface area contributed by atoms with Crippen LogP contribution in [0.25, 0.3) is 0 Å². The number of non-ortho nitro benzene ring substituents is 1. The molecule has 2 aromatic rings. The number of halogens is 3. The fraction of sp³-hybridized carbons (Fsp3) is 0. The number of nitro benzene ring substituents is 1. The number of nitrogen functional groups attached to an aromatic ring is 1. The van der Waals surface area contributed by atoms with Crippen molar-refractivity contribution in [2.24, 2.45) is 5.84 Å². The first kappa shape index (κ1) is 15.1. The summed E-state index contributed by atoms with van der Waals surface area (Å²) in [7, 11) is 0. The highest BCUT2D eigenvalue weighted by Gasteiger charge is 2.12. The van der Waals surface area contributed by atoms with E-state index in [0.717, 1.165) is 12.1 Å². The van der Waals surface area contributed by atoms with Crippen LogP contribution >= 0.6 is 15.9 Å². The van der Waals surface area contributed by atoms with Gasteiger partial charge in [-0.1, -0.05) is 0 Å². The van der Waals surface area contributed by atoms with Crippen molar-refractivity contribution in [2.45, 2.75) is 0 Å². The highest BCUT2D eigenvalue weighted by molar-refractivity contribution is 9.10. The molecule has 0 aliphatic heterocycles. The molecule has 0 spiro atoms. The summed E-state index contributed by atoms with van der Waals surface area (Å²) >= 11 is 2.86. The molecule has 0 amide bonds. The molecule has 2 rings (SSSR count). The molecule has 2 aromatic carbocycles. The Balaban J connectivity index is 2.41. The normalized spacial score (nSPS) is 10.3. The van der Waals surface area contributed by atoms with Gasteiger partial charge in [0, 0.05) is 23.9 Å². The van der Waals surface area contributed by atoms with Gasteiger partial charge < -0.3 is 10.7 Å². The van der Waals surface area contributed by atoms with Gasteiger partial charge in [-0.05, 0) is 28.1 Å². The van der Waals surface area contributed by atoms with E-state index in [9.17, 15) is 18.9 Å². The van der Waals surface area contributed by atoms with E-state index in [0.29, 0.717) is 0 Å². The van der Waals surface area contributed by atoms with Crippen molar-refractivity contribution in [1.82, 2.24) is 0 Å². The summed E-state index contributed by atoms with van der Waals surface area (Å²) in [6, 6.07) is 5.71. The van der Waals surface area contributed by atoms with Gasteiger partial charge in [0.25, 0.3) is 5.69 Å². The molecule has 0 aliphatic carbocycles. The fourth-order valence-electron chi connectivity index (χ4n) is 1.65. The smallest absolute Gasteiger partial charge is 0.273 e. The Bertz CT molecular complexity index is 712. The molecule has 0 aromatic heterocycles. The van der Waals surface area contributed by atoms with E-state index in [1.54, 1.807) is 0 Å². The number of nitrogens with one attached hydrogen (secondary N) is 2. The van der Waals surface area contributed by atoms with Gasteiger partial charge in [-0.2, -0.15) is 0 Å². The van der Waals surface area contributed by atoms with Crippen molar-refractivity contribution in [3.05, 3.63) is 56.6 Å². The van der Waals surface area contributed by atoms with Gasteiger partial charge >= 0.3 is 0 Å². The fourth-order valence-corrected chi connectivity index (χ4v) is 1.96. The Labute approximate surface area is 126 Å². The van der Waals surface area contributed by atoms with E-state index >= 15 is 0 Å². The first-order valence-electron chi connectivity index (χ1n) is 5.58. The maximum atomic E-state index is 13.7. The quantitative estimate of drug-likeness (QED) is 0.335. The summed E-state index contributed by atoms with van der Waals surface area (Å²) in [6.07, 6.45) is 0. The van der Waals surface area contributed by atoms with Gasteiger partial charge in [0.1, 0.15) is 11.6 Å². The monoisotopic (exact) mass is 358 g/mol. The van der Waals surface area contributed by atoms with Crippen LogP contribution in [0.5, 0.6) is 0 Å². The third kappa shape index (κ3) is 3.44. The van der Waals surface area contributed by atoms with Gasteiger partial charge in [0.2, 0.25) is 0 Å². The number of benzene rings is 2. The summed E-state index contributed by atoms with van der Waals surface area (Å²) in [5, 5.41) is 13.4. The Morgan fingerprint density at radius 2 is 1.76 bits per heavy atom. The van der Waals surface area contributed by atoms with Crippen LogP contribution in [0.3, 0.4) is 0 Å². The van der Waals surface area contributed by atoms with Gasteiger partial charge in [-0.15, -0.1) is 0 Å². The number of hydrogen-bond acceptors (Lipinski definition) is 5. The molecule has 0 radical (unpaired) electrons. The van der Waals surface area contributed by atoms with Gasteiger partial charge in [0.15, 0.2) is 0 Å². The Hall–Kier alpha value is -2.26. The van der Waals surface area contributed by atoms with Crippen LogP contribution in [0, 0.1) is 21.7 Å². The Morgan fingerprint density at radius 1 is 1.10 bits per heavy atom. The Kier molecular flexibility index (Phi) is 4.34. The molecule has 0 fully saturated rings. The third-order valence-corrected chi connectivity index (χ3v) is 3.19. The molecule has 0 bridgehead atoms. The highest BCUT2D eigenvalue weighted by atomic mass is 79.9. The minimum Gasteiger partial charge on any atom is -0.353 e. The molecule has 9 heteroatoms. The minimum absolute atomic E-state index is 0.0195. The second-order valence-corrected chi connectivity index (χ2v) is 4.90. The SMILES string of the molecule is NNc1cc(Nc2cc(F)c(Br)cc2F)cc([N+](=O)[O-])c1. The zero-order valence-corrected chi connectivity index (χ0v) is 11.9. The van der Waals surface area contributed by atoms with Crippen molar-refractivity contribution < 1.29 is 13.7 Å². The zero-order chi connectivity index (χ0) is 15.6. The average Bonchev–Trinajstić information content (AvgIpc) is 2.44. The minimum atomic E-state index is -0.711. The van der Waals surface area contributed by atoms with Gasteiger partial charge in [-0.3, -0.25) is 16.0 Å². The molecule has 21 heavy (non-hydrogen) atoms. The number of anilines is 3. The molecule has 0 aliphatic rings. The molecule has 4 N–H and O–H groups in total. The first-order chi connectivity index (χ1) is 9.90. The number of rotatable bonds is 4. The van der Waals surface area contributed by atoms with Crippen LogP contribution in [-0.2, 0) is 0 Å². The lowest BCUT2D eigenvalue weighted by Crippen LogP contribution is -2.07. The molecule has 0 saturated heterocycles. The van der Waals surface area contributed by atoms with E-state index in [4.69, 9.17) is 5.84 Å². The van der Waals surface area contributed by atoms with Crippen molar-refractivity contribution >= 4 is 38.7 Å². The van der Waals surface area contributed by atoms with E-state index < -0.39 is 16.6 Å². The molecule has 6 nitrogen and oxygen atoms in total. The van der Waals surface area contributed by atoms with Crippen LogP contribution in [0.2, 0.25) is 0 Å². The van der Waals surface area contributed by atoms with Crippen molar-refractivity contribution in [1.29, 1.82) is 0 Å². The standard InChI is InChI=1S/C12H9BrF2N4O2/c13-9-4-11(15)12(5-10(9)14)17-6-1-7(18-16)3-8(2-6)19(20)21/h1-5,17-18H,16H2. The molecule has 0 saturated carbocycles. The highest BCUT2D eigenvalue weighted by Crippen LogP contribution is 2.29. The van der Waals surface area contributed by atoms with E-state index in [-0.39, 0.29) is 27.2 Å². The topological polar surface area (TPSA) is 93.2 Å². The second-order valence-electron chi connectivity index (χ2n) is 4.04. The number of nitrogens with two attached hydrogens (primary N) is 1. The second kappa shape index (κ2) is 6.02. The predicted octanol–water partition coefficient (Wildman–Crippen LogP) is 3.66. The number of hydrazine groups is 1. The lowest BCUT2D eigenvalue weighted by atomic mass is 10.2. The molecular formula is C12H9BrF2N4O2. The largest absolute Gasteiger partial charge is 0.353 e. The van der Waals surface area contributed by atoms with E-state index in [1.165, 1.54) is 18.2 Å². The lowest BCUT2D eigenvalue weighted by molar-refractivity contribution is -0.384. The molecule has 0 atom stereocenters. The third-order valence-electron chi connectivity index (χ3n) is 2.58. The number of nitro groups is 1. The maximum absolute atomic E-state index is 13.7. The van der Waals surface area contributed by atoms with Gasteiger partial charge in [-0.25, -0.2) is 8.78 Å². The summed E-state index contributed by atoms with van der Waals surface area (Å²) in [4.78, 5) is 10.2. The summed E-state index contributed by atoms with van der Waals surface area (Å²) in [6.45, 7) is 0. The van der Waals surface area contributed by atoms with Crippen molar-refractivity contribution in [3.8, 4) is 0 Å². The molecule has 110 valence electrons. The summed E-state index contributed by atoms with van der Waals surface area (Å²) < 4.78 is 27.1. The van der Waals surface area contributed by atoms with Crippen LogP contribution in [-0.4, -0.2) is 4.92 Å². The van der Waals surface area contributed by atoms with Crippen LogP contribution < -0.4 is 16.6 Å². The summed E-state index contributed by atoms with van der Waals surface area (Å²) in [5.74, 6) is 3.84. The molecule has 0 heterocycles. The van der Waals surface area contributed by atoms with Crippen molar-refractivity contribution in [2.75, 3.05) is 10.7 Å². The van der Waals surface area contributed by atoms with Crippen LogP contribution in [0.15, 0.2) is 34.8 Å². The maximum Gasteiger partial charge on any atom is 0.273 e. The van der Waals surface area contributed by atoms with E-state index in [2.05, 4.69) is 26.7 Å². The van der Waals surface area contributed by atoms with Gasteiger partial charge in [0.05, 0.1) is 20.8 Å². The lowest BCUT2D eigenvalue weighted by Gasteiger charge is -2.10. The van der Waals surface area contributed by atoms with Crippen LogP contribution in [0.4, 0.5) is 31.5 Å². The summed E-state index contributed by atoms with van der Waals surface area (Å²) in [5.41, 5.74) is 2.31. The molecular weight excluding hydrogens is 350 g/mol. The van der Waals surface area contributed by atoms with E-state index in [1.807, 2.05) is 0 Å². The Morgan fingerprint density at radius 3 is 2.38 bits per heavy atom. The molecule has 0 unspecified atom stereocenters. The number of nitrogens with zero attached hydrogens (tertiary/aromatic N) is 1. The average molecular weight is 359 g/mol. The number of hydrogen-bond donors (Lipinski definition) is 3. The van der Waals surface area contributed by atoms with Crippen molar-refractivity contribution in [3.63, 3.8) is 0 Å². The zero-order valence-electron chi connectivity index (χ0n) is 10.4. The van der Waals surface area contributed by atoms with Crippen LogP contribution in [0.1, 0.15) is 0 Å². The predicted molar refractivity (Wildman–Crippen MR) is 78.2 cm³/mol.